The average Bonchev–Trinajstić information content (AvgIpc) is 2.66. The fourth-order valence-electron chi connectivity index (χ4n) is 1.77. The van der Waals surface area contributed by atoms with E-state index < -0.39 is 6.03 Å². The topological polar surface area (TPSA) is 55.6 Å². The molecule has 0 unspecified atom stereocenters. The SMILES string of the molecule is CONC(=O)N=c1sc2ccccc2n1C(C)C. The maximum absolute atomic E-state index is 11.5. The highest BCUT2D eigenvalue weighted by atomic mass is 32.1. The second kappa shape index (κ2) is 5.32. The van der Waals surface area contributed by atoms with E-state index in [4.69, 9.17) is 0 Å². The monoisotopic (exact) mass is 265 g/mol. The van der Waals surface area contributed by atoms with Crippen LogP contribution in [0.2, 0.25) is 0 Å². The molecule has 18 heavy (non-hydrogen) atoms. The Balaban J connectivity index is 2.63. The van der Waals surface area contributed by atoms with Crippen molar-refractivity contribution in [1.82, 2.24) is 10.0 Å². The van der Waals surface area contributed by atoms with Crippen LogP contribution in [0.5, 0.6) is 0 Å². The van der Waals surface area contributed by atoms with Crippen LogP contribution < -0.4 is 10.3 Å². The van der Waals surface area contributed by atoms with Crippen molar-refractivity contribution in [3.05, 3.63) is 29.1 Å². The van der Waals surface area contributed by atoms with E-state index in [-0.39, 0.29) is 6.04 Å². The van der Waals surface area contributed by atoms with Crippen LogP contribution in [0.1, 0.15) is 19.9 Å². The molecule has 0 saturated heterocycles. The minimum absolute atomic E-state index is 0.232. The molecule has 0 aliphatic carbocycles. The fraction of sp³-hybridized carbons (Fsp3) is 0.333. The first-order chi connectivity index (χ1) is 8.63. The van der Waals surface area contributed by atoms with Crippen molar-refractivity contribution in [2.75, 3.05) is 7.11 Å². The number of nitrogens with zero attached hydrogens (tertiary/aromatic N) is 2. The Morgan fingerprint density at radius 3 is 2.83 bits per heavy atom. The first kappa shape index (κ1) is 12.8. The van der Waals surface area contributed by atoms with Gasteiger partial charge in [-0.15, -0.1) is 0 Å². The first-order valence-corrected chi connectivity index (χ1v) is 6.43. The van der Waals surface area contributed by atoms with E-state index in [1.54, 1.807) is 0 Å². The standard InChI is InChI=1S/C12H15N3O2S/c1-8(2)15-9-6-4-5-7-10(9)18-12(15)13-11(16)14-17-3/h4-8H,1-3H3,(H,14,16). The molecule has 2 aromatic rings. The summed E-state index contributed by atoms with van der Waals surface area (Å²) >= 11 is 1.49. The molecule has 2 amide bonds. The number of benzene rings is 1. The molecule has 5 nitrogen and oxygen atoms in total. The van der Waals surface area contributed by atoms with Gasteiger partial charge >= 0.3 is 6.03 Å². The van der Waals surface area contributed by atoms with Crippen LogP contribution in [0.25, 0.3) is 10.2 Å². The Morgan fingerprint density at radius 1 is 1.44 bits per heavy atom. The molecule has 0 radical (unpaired) electrons. The molecular weight excluding hydrogens is 250 g/mol. The lowest BCUT2D eigenvalue weighted by atomic mass is 10.3. The quantitative estimate of drug-likeness (QED) is 0.848. The smallest absolute Gasteiger partial charge is 0.314 e. The predicted molar refractivity (Wildman–Crippen MR) is 71.3 cm³/mol. The predicted octanol–water partition coefficient (Wildman–Crippen LogP) is 2.46. The summed E-state index contributed by atoms with van der Waals surface area (Å²) < 4.78 is 3.14. The number of hydroxylamine groups is 1. The number of rotatable bonds is 2. The number of thiazole rings is 1. The van der Waals surface area contributed by atoms with E-state index in [2.05, 4.69) is 29.2 Å². The fourth-order valence-corrected chi connectivity index (χ4v) is 2.92. The molecule has 96 valence electrons. The zero-order valence-corrected chi connectivity index (χ0v) is 11.3. The molecule has 0 saturated carbocycles. The van der Waals surface area contributed by atoms with Crippen LogP contribution in [-0.4, -0.2) is 17.7 Å². The zero-order valence-electron chi connectivity index (χ0n) is 10.5. The molecule has 0 bridgehead atoms. The van der Waals surface area contributed by atoms with Gasteiger partial charge in [-0.3, -0.25) is 4.84 Å². The maximum Gasteiger partial charge on any atom is 0.367 e. The molecule has 0 spiro atoms. The summed E-state index contributed by atoms with van der Waals surface area (Å²) in [5, 5.41) is 0. The number of carbonyl (C=O) groups is 1. The third-order valence-corrected chi connectivity index (χ3v) is 3.47. The Labute approximate surface area is 109 Å². The minimum Gasteiger partial charge on any atom is -0.314 e. The molecule has 1 N–H and O–H groups in total. The summed E-state index contributed by atoms with van der Waals surface area (Å²) in [6.45, 7) is 4.12. The number of amides is 2. The number of aromatic nitrogens is 1. The van der Waals surface area contributed by atoms with Crippen LogP contribution in [-0.2, 0) is 4.84 Å². The average molecular weight is 265 g/mol. The summed E-state index contributed by atoms with van der Waals surface area (Å²) in [6.07, 6.45) is 0. The van der Waals surface area contributed by atoms with E-state index in [9.17, 15) is 4.79 Å². The molecule has 0 atom stereocenters. The van der Waals surface area contributed by atoms with E-state index in [1.165, 1.54) is 18.4 Å². The number of fused-ring (bicyclic) bond motifs is 1. The second-order valence-electron chi connectivity index (χ2n) is 4.04. The van der Waals surface area contributed by atoms with Gasteiger partial charge in [0, 0.05) is 6.04 Å². The van der Waals surface area contributed by atoms with Crippen molar-refractivity contribution in [2.24, 2.45) is 4.99 Å². The van der Waals surface area contributed by atoms with E-state index in [0.29, 0.717) is 4.80 Å². The Kier molecular flexibility index (Phi) is 3.78. The van der Waals surface area contributed by atoms with Crippen LogP contribution in [0.3, 0.4) is 0 Å². The van der Waals surface area contributed by atoms with Gasteiger partial charge in [-0.1, -0.05) is 23.5 Å². The second-order valence-corrected chi connectivity index (χ2v) is 5.05. The van der Waals surface area contributed by atoms with Gasteiger partial charge in [0.05, 0.1) is 17.3 Å². The molecule has 6 heteroatoms. The van der Waals surface area contributed by atoms with Crippen LogP contribution in [0.15, 0.2) is 29.3 Å². The molecule has 0 aliphatic heterocycles. The van der Waals surface area contributed by atoms with Gasteiger partial charge < -0.3 is 4.57 Å². The molecule has 1 heterocycles. The third kappa shape index (κ3) is 2.44. The lowest BCUT2D eigenvalue weighted by Gasteiger charge is -2.08. The summed E-state index contributed by atoms with van der Waals surface area (Å²) in [4.78, 5) is 20.7. The highest BCUT2D eigenvalue weighted by molar-refractivity contribution is 7.16. The molecular formula is C12H15N3O2S. The van der Waals surface area contributed by atoms with Crippen LogP contribution >= 0.6 is 11.3 Å². The van der Waals surface area contributed by atoms with Gasteiger partial charge in [0.2, 0.25) is 0 Å². The van der Waals surface area contributed by atoms with E-state index in [1.807, 2.05) is 28.8 Å². The largest absolute Gasteiger partial charge is 0.367 e. The van der Waals surface area contributed by atoms with Crippen molar-refractivity contribution in [2.45, 2.75) is 19.9 Å². The van der Waals surface area contributed by atoms with Crippen molar-refractivity contribution in [3.63, 3.8) is 0 Å². The summed E-state index contributed by atoms with van der Waals surface area (Å²) in [5.74, 6) is 0. The number of nitrogens with one attached hydrogen (secondary N) is 1. The molecule has 1 aromatic carbocycles. The summed E-state index contributed by atoms with van der Waals surface area (Å²) in [7, 11) is 1.38. The van der Waals surface area contributed by atoms with E-state index >= 15 is 0 Å². The van der Waals surface area contributed by atoms with Gasteiger partial charge in [0.1, 0.15) is 0 Å². The van der Waals surface area contributed by atoms with Gasteiger partial charge in [0.15, 0.2) is 4.80 Å². The number of hydrogen-bond acceptors (Lipinski definition) is 3. The Hall–Kier alpha value is -1.66. The molecule has 2 rings (SSSR count). The minimum atomic E-state index is -0.501. The zero-order chi connectivity index (χ0) is 13.1. The Bertz CT molecular complexity index is 628. The number of carbonyl (C=O) groups excluding carboxylic acids is 1. The van der Waals surface area contributed by atoms with Gasteiger partial charge in [0.25, 0.3) is 0 Å². The first-order valence-electron chi connectivity index (χ1n) is 5.61. The van der Waals surface area contributed by atoms with Gasteiger partial charge in [-0.2, -0.15) is 4.99 Å². The van der Waals surface area contributed by atoms with Gasteiger partial charge in [-0.05, 0) is 26.0 Å². The van der Waals surface area contributed by atoms with Crippen LogP contribution in [0, 0.1) is 0 Å². The number of para-hydroxylation sites is 1. The number of urea groups is 1. The Morgan fingerprint density at radius 2 is 2.17 bits per heavy atom. The van der Waals surface area contributed by atoms with Crippen molar-refractivity contribution < 1.29 is 9.63 Å². The van der Waals surface area contributed by atoms with Crippen molar-refractivity contribution >= 4 is 27.6 Å². The summed E-state index contributed by atoms with van der Waals surface area (Å²) in [5.41, 5.74) is 3.28. The highest BCUT2D eigenvalue weighted by Gasteiger charge is 2.09. The molecule has 0 fully saturated rings. The van der Waals surface area contributed by atoms with Gasteiger partial charge in [-0.25, -0.2) is 10.3 Å². The lowest BCUT2D eigenvalue weighted by Crippen LogP contribution is -2.24. The third-order valence-electron chi connectivity index (χ3n) is 2.44. The van der Waals surface area contributed by atoms with Crippen molar-refractivity contribution in [1.29, 1.82) is 0 Å². The molecule has 0 aliphatic rings. The summed E-state index contributed by atoms with van der Waals surface area (Å²) in [6, 6.07) is 7.73. The maximum atomic E-state index is 11.5. The molecule has 1 aromatic heterocycles. The lowest BCUT2D eigenvalue weighted by molar-refractivity contribution is 0.112. The van der Waals surface area contributed by atoms with E-state index in [0.717, 1.165) is 10.2 Å². The van der Waals surface area contributed by atoms with Crippen molar-refractivity contribution in [3.8, 4) is 0 Å². The normalized spacial score (nSPS) is 12.3. The van der Waals surface area contributed by atoms with Crippen LogP contribution in [0.4, 0.5) is 4.79 Å². The number of hydrogen-bond donors (Lipinski definition) is 1. The highest BCUT2D eigenvalue weighted by Crippen LogP contribution is 2.19.